The average molecular weight is 470 g/mol. The molecule has 0 unspecified atom stereocenters. The average Bonchev–Trinajstić information content (AvgIpc) is 3.25. The number of nitrogens with one attached hydrogen (secondary N) is 1. The third-order valence-electron chi connectivity index (χ3n) is 4.57. The first kappa shape index (κ1) is 23.8. The number of methoxy groups -OCH3 is 2. The highest BCUT2D eigenvalue weighted by Gasteiger charge is 2.16. The summed E-state index contributed by atoms with van der Waals surface area (Å²) in [5.41, 5.74) is 4.11. The number of rotatable bonds is 10. The molecule has 3 aromatic rings. The molecule has 0 bridgehead atoms. The number of aromatic nitrogens is 3. The van der Waals surface area contributed by atoms with E-state index in [2.05, 4.69) is 20.7 Å². The summed E-state index contributed by atoms with van der Waals surface area (Å²) in [6.07, 6.45) is 1.44. The van der Waals surface area contributed by atoms with Crippen LogP contribution in [0.1, 0.15) is 22.8 Å². The van der Waals surface area contributed by atoms with Crippen LogP contribution in [0.5, 0.6) is 11.5 Å². The molecule has 0 saturated carbocycles. The summed E-state index contributed by atoms with van der Waals surface area (Å²) in [5.74, 6) is 0.649. The molecule has 0 spiro atoms. The molecule has 172 valence electrons. The third kappa shape index (κ3) is 5.89. The number of amides is 1. The van der Waals surface area contributed by atoms with Crippen LogP contribution < -0.4 is 14.9 Å². The Bertz CT molecular complexity index is 1160. The van der Waals surface area contributed by atoms with Gasteiger partial charge in [0.25, 0.3) is 5.91 Å². The first-order valence-corrected chi connectivity index (χ1v) is 10.9. The number of nitrogens with zero attached hydrogens (tertiary/aromatic N) is 4. The van der Waals surface area contributed by atoms with Gasteiger partial charge in [0.2, 0.25) is 0 Å². The highest BCUT2D eigenvalue weighted by molar-refractivity contribution is 7.99. The summed E-state index contributed by atoms with van der Waals surface area (Å²) in [5, 5.41) is 21.9. The maximum absolute atomic E-state index is 12.2. The van der Waals surface area contributed by atoms with Gasteiger partial charge in [-0.3, -0.25) is 4.79 Å². The quantitative estimate of drug-likeness (QED) is 0.264. The molecule has 0 radical (unpaired) electrons. The first-order valence-electron chi connectivity index (χ1n) is 9.90. The van der Waals surface area contributed by atoms with Crippen LogP contribution in [0.15, 0.2) is 52.7 Å². The molecule has 1 amide bonds. The van der Waals surface area contributed by atoms with Crippen molar-refractivity contribution < 1.29 is 24.2 Å². The normalized spacial score (nSPS) is 10.9. The van der Waals surface area contributed by atoms with E-state index in [4.69, 9.17) is 14.6 Å². The van der Waals surface area contributed by atoms with Crippen LogP contribution in [-0.2, 0) is 11.3 Å². The van der Waals surface area contributed by atoms with E-state index in [1.54, 1.807) is 32.4 Å². The van der Waals surface area contributed by atoms with Crippen molar-refractivity contribution >= 4 is 29.9 Å². The molecule has 0 saturated heterocycles. The number of carboxylic acids is 1. The number of carbonyl (C=O) groups excluding carboxylic acids is 1. The van der Waals surface area contributed by atoms with Gasteiger partial charge in [-0.25, -0.2) is 10.2 Å². The monoisotopic (exact) mass is 469 g/mol. The fourth-order valence-corrected chi connectivity index (χ4v) is 3.72. The smallest absolute Gasteiger partial charge is 0.335 e. The Kier molecular flexibility index (Phi) is 8.03. The van der Waals surface area contributed by atoms with E-state index in [1.165, 1.54) is 30.1 Å². The van der Waals surface area contributed by atoms with Gasteiger partial charge < -0.3 is 19.1 Å². The SMILES string of the molecule is CCn1c(SCC(=O)NN=Cc2ccc(C(=O)O)cc2)nnc1-c1ccc(OC)c(OC)c1. The fraction of sp³-hybridized carbons (Fsp3) is 0.227. The number of benzene rings is 2. The zero-order valence-corrected chi connectivity index (χ0v) is 19.1. The van der Waals surface area contributed by atoms with Crippen molar-refractivity contribution in [1.82, 2.24) is 20.2 Å². The maximum atomic E-state index is 12.2. The van der Waals surface area contributed by atoms with E-state index in [0.717, 1.165) is 5.56 Å². The molecule has 3 rings (SSSR count). The molecule has 10 nitrogen and oxygen atoms in total. The van der Waals surface area contributed by atoms with Crippen LogP contribution in [0.4, 0.5) is 0 Å². The Morgan fingerprint density at radius 3 is 2.48 bits per heavy atom. The van der Waals surface area contributed by atoms with Crippen LogP contribution in [-0.4, -0.2) is 57.9 Å². The van der Waals surface area contributed by atoms with Gasteiger partial charge in [-0.2, -0.15) is 5.10 Å². The van der Waals surface area contributed by atoms with Gasteiger partial charge in [0, 0.05) is 12.1 Å². The number of carboxylic acid groups (broad SMARTS) is 1. The molecule has 0 aliphatic rings. The maximum Gasteiger partial charge on any atom is 0.335 e. The third-order valence-corrected chi connectivity index (χ3v) is 5.53. The molecular formula is C22H23N5O5S. The van der Waals surface area contributed by atoms with E-state index >= 15 is 0 Å². The highest BCUT2D eigenvalue weighted by atomic mass is 32.2. The molecular weight excluding hydrogens is 446 g/mol. The van der Waals surface area contributed by atoms with Gasteiger partial charge in [-0.1, -0.05) is 23.9 Å². The lowest BCUT2D eigenvalue weighted by atomic mass is 10.1. The van der Waals surface area contributed by atoms with E-state index in [1.807, 2.05) is 23.6 Å². The van der Waals surface area contributed by atoms with Crippen LogP contribution in [0, 0.1) is 0 Å². The van der Waals surface area contributed by atoms with Crippen molar-refractivity contribution in [2.75, 3.05) is 20.0 Å². The lowest BCUT2D eigenvalue weighted by molar-refractivity contribution is -0.118. The van der Waals surface area contributed by atoms with Crippen molar-refractivity contribution in [1.29, 1.82) is 0 Å². The number of carbonyl (C=O) groups is 2. The molecule has 2 aromatic carbocycles. The van der Waals surface area contributed by atoms with Gasteiger partial charge >= 0.3 is 5.97 Å². The molecule has 0 aliphatic heterocycles. The topological polar surface area (TPSA) is 128 Å². The zero-order valence-electron chi connectivity index (χ0n) is 18.3. The summed E-state index contributed by atoms with van der Waals surface area (Å²) in [6, 6.07) is 11.6. The van der Waals surface area contributed by atoms with E-state index < -0.39 is 5.97 Å². The largest absolute Gasteiger partial charge is 0.493 e. The van der Waals surface area contributed by atoms with Gasteiger partial charge in [-0.15, -0.1) is 10.2 Å². The lowest BCUT2D eigenvalue weighted by Gasteiger charge is -2.10. The molecule has 2 N–H and O–H groups in total. The second kappa shape index (κ2) is 11.1. The van der Waals surface area contributed by atoms with Gasteiger partial charge in [0.1, 0.15) is 0 Å². The summed E-state index contributed by atoms with van der Waals surface area (Å²) < 4.78 is 12.6. The Morgan fingerprint density at radius 1 is 1.12 bits per heavy atom. The molecule has 33 heavy (non-hydrogen) atoms. The van der Waals surface area contributed by atoms with Crippen LogP contribution in [0.2, 0.25) is 0 Å². The van der Waals surface area contributed by atoms with E-state index in [9.17, 15) is 9.59 Å². The number of hydrazone groups is 1. The molecule has 0 fully saturated rings. The second-order valence-electron chi connectivity index (χ2n) is 6.63. The minimum Gasteiger partial charge on any atom is -0.493 e. The number of aromatic carboxylic acids is 1. The Balaban J connectivity index is 1.62. The van der Waals surface area contributed by atoms with Crippen LogP contribution in [0.25, 0.3) is 11.4 Å². The summed E-state index contributed by atoms with van der Waals surface area (Å²) in [4.78, 5) is 23.0. The van der Waals surface area contributed by atoms with Crippen molar-refractivity contribution in [3.05, 3.63) is 53.6 Å². The van der Waals surface area contributed by atoms with Gasteiger partial charge in [0.05, 0.1) is 31.8 Å². The van der Waals surface area contributed by atoms with E-state index in [-0.39, 0.29) is 17.2 Å². The Labute approximate surface area is 194 Å². The Hall–Kier alpha value is -3.86. The second-order valence-corrected chi connectivity index (χ2v) is 7.57. The predicted molar refractivity (Wildman–Crippen MR) is 124 cm³/mol. The standard InChI is InChI=1S/C22H23N5O5S/c1-4-27-20(16-9-10-17(31-2)18(11-16)32-3)25-26-22(27)33-13-19(28)24-23-12-14-5-7-15(8-6-14)21(29)30/h5-12H,4,13H2,1-3H3,(H,24,28)(H,29,30). The zero-order chi connectivity index (χ0) is 23.8. The summed E-state index contributed by atoms with van der Waals surface area (Å²) in [6.45, 7) is 2.59. The molecule has 1 aromatic heterocycles. The highest BCUT2D eigenvalue weighted by Crippen LogP contribution is 2.32. The van der Waals surface area contributed by atoms with Crippen LogP contribution >= 0.6 is 11.8 Å². The number of hydrogen-bond acceptors (Lipinski definition) is 8. The fourth-order valence-electron chi connectivity index (χ4n) is 2.92. The van der Waals surface area contributed by atoms with Crippen molar-refractivity contribution in [3.8, 4) is 22.9 Å². The van der Waals surface area contributed by atoms with Crippen molar-refractivity contribution in [2.45, 2.75) is 18.6 Å². The number of thioether (sulfide) groups is 1. The van der Waals surface area contributed by atoms with Gasteiger partial charge in [-0.05, 0) is 42.8 Å². The summed E-state index contributed by atoms with van der Waals surface area (Å²) in [7, 11) is 3.14. The molecule has 0 atom stereocenters. The molecule has 0 aliphatic carbocycles. The number of hydrogen-bond donors (Lipinski definition) is 2. The Morgan fingerprint density at radius 2 is 1.85 bits per heavy atom. The first-order chi connectivity index (χ1) is 16.0. The van der Waals surface area contributed by atoms with Gasteiger partial charge in [0.15, 0.2) is 22.5 Å². The van der Waals surface area contributed by atoms with Crippen LogP contribution in [0.3, 0.4) is 0 Å². The van der Waals surface area contributed by atoms with Crippen molar-refractivity contribution in [3.63, 3.8) is 0 Å². The van der Waals surface area contributed by atoms with E-state index in [0.29, 0.717) is 34.6 Å². The van der Waals surface area contributed by atoms with Crippen molar-refractivity contribution in [2.24, 2.45) is 5.10 Å². The minimum absolute atomic E-state index is 0.0966. The number of ether oxygens (including phenoxy) is 2. The predicted octanol–water partition coefficient (Wildman–Crippen LogP) is 2.92. The molecule has 1 heterocycles. The molecule has 11 heteroatoms. The minimum atomic E-state index is -1.00. The summed E-state index contributed by atoms with van der Waals surface area (Å²) >= 11 is 1.25. The lowest BCUT2D eigenvalue weighted by Crippen LogP contribution is -2.20.